The lowest BCUT2D eigenvalue weighted by atomic mass is 10.1. The summed E-state index contributed by atoms with van der Waals surface area (Å²) in [5.74, 6) is 1.34. The first-order valence-electron chi connectivity index (χ1n) is 8.86. The molecule has 3 rings (SSSR count). The quantitative estimate of drug-likeness (QED) is 0.695. The summed E-state index contributed by atoms with van der Waals surface area (Å²) in [6.45, 7) is 7.53. The number of rotatable bonds is 6. The number of anilines is 1. The van der Waals surface area contributed by atoms with Gasteiger partial charge in [0.25, 0.3) is 5.91 Å². The first-order chi connectivity index (χ1) is 12.8. The van der Waals surface area contributed by atoms with Crippen molar-refractivity contribution in [2.45, 2.75) is 40.2 Å². The second-order valence-corrected chi connectivity index (χ2v) is 6.94. The summed E-state index contributed by atoms with van der Waals surface area (Å²) < 4.78 is 6.83. The zero-order chi connectivity index (χ0) is 19.6. The van der Waals surface area contributed by atoms with Gasteiger partial charge in [-0.25, -0.2) is 4.98 Å². The van der Waals surface area contributed by atoms with Crippen LogP contribution < -0.4 is 10.6 Å². The van der Waals surface area contributed by atoms with Crippen LogP contribution in [0.4, 0.5) is 5.82 Å². The normalized spacial score (nSPS) is 12.3. The fourth-order valence-electron chi connectivity index (χ4n) is 2.77. The van der Waals surface area contributed by atoms with Crippen molar-refractivity contribution in [1.29, 1.82) is 0 Å². The molecule has 8 heteroatoms. The standard InChI is InChI=1S/C19H23N5O3/c1-11(2)9-16-22-17(14-7-5-6-8-24(14)16)19(26)20-13(4)18(25)21-15-10-12(3)27-23-15/h5-8,10-11,13H,9H2,1-4H3,(H,20,26)(H,21,23,25). The Morgan fingerprint density at radius 1 is 1.26 bits per heavy atom. The van der Waals surface area contributed by atoms with Gasteiger partial charge in [-0.3, -0.25) is 9.59 Å². The van der Waals surface area contributed by atoms with Crippen LogP contribution in [-0.2, 0) is 11.2 Å². The number of amides is 2. The molecule has 0 fully saturated rings. The lowest BCUT2D eigenvalue weighted by Gasteiger charge is -2.12. The van der Waals surface area contributed by atoms with Gasteiger partial charge in [0.05, 0.1) is 5.52 Å². The number of hydrogen-bond donors (Lipinski definition) is 2. The number of carbonyl (C=O) groups excluding carboxylic acids is 2. The fraction of sp³-hybridized carbons (Fsp3) is 0.368. The second kappa shape index (κ2) is 7.61. The van der Waals surface area contributed by atoms with Gasteiger partial charge in [-0.1, -0.05) is 25.1 Å². The number of hydrogen-bond acceptors (Lipinski definition) is 5. The van der Waals surface area contributed by atoms with E-state index in [4.69, 9.17) is 4.52 Å². The van der Waals surface area contributed by atoms with Crippen LogP contribution in [0.2, 0.25) is 0 Å². The summed E-state index contributed by atoms with van der Waals surface area (Å²) in [4.78, 5) is 29.5. The van der Waals surface area contributed by atoms with Crippen molar-refractivity contribution in [2.24, 2.45) is 5.92 Å². The van der Waals surface area contributed by atoms with Gasteiger partial charge < -0.3 is 19.6 Å². The van der Waals surface area contributed by atoms with E-state index < -0.39 is 11.9 Å². The summed E-state index contributed by atoms with van der Waals surface area (Å²) in [7, 11) is 0. The molecule has 0 spiro atoms. The molecule has 3 aromatic rings. The van der Waals surface area contributed by atoms with Crippen molar-refractivity contribution in [2.75, 3.05) is 5.32 Å². The van der Waals surface area contributed by atoms with E-state index in [1.807, 2.05) is 28.8 Å². The molecule has 2 N–H and O–H groups in total. The van der Waals surface area contributed by atoms with E-state index in [2.05, 4.69) is 34.6 Å². The largest absolute Gasteiger partial charge is 0.360 e. The molecule has 8 nitrogen and oxygen atoms in total. The van der Waals surface area contributed by atoms with Gasteiger partial charge in [0.1, 0.15) is 17.6 Å². The van der Waals surface area contributed by atoms with Gasteiger partial charge in [0.15, 0.2) is 11.5 Å². The predicted molar refractivity (Wildman–Crippen MR) is 101 cm³/mol. The van der Waals surface area contributed by atoms with E-state index in [-0.39, 0.29) is 5.91 Å². The highest BCUT2D eigenvalue weighted by Gasteiger charge is 2.22. The Hall–Kier alpha value is -3.16. The molecule has 0 aliphatic carbocycles. The predicted octanol–water partition coefficient (Wildman–Crippen LogP) is 2.59. The van der Waals surface area contributed by atoms with Crippen LogP contribution in [0.1, 0.15) is 42.8 Å². The summed E-state index contributed by atoms with van der Waals surface area (Å²) >= 11 is 0. The SMILES string of the molecule is Cc1cc(NC(=O)C(C)NC(=O)c2nc(CC(C)C)n3ccccc23)no1. The number of carbonyl (C=O) groups is 2. The smallest absolute Gasteiger partial charge is 0.272 e. The molecule has 142 valence electrons. The van der Waals surface area contributed by atoms with Gasteiger partial charge in [-0.05, 0) is 31.9 Å². The third-order valence-electron chi connectivity index (χ3n) is 4.05. The first kappa shape index (κ1) is 18.6. The molecule has 1 unspecified atom stereocenters. The maximum absolute atomic E-state index is 12.7. The Labute approximate surface area is 156 Å². The average molecular weight is 369 g/mol. The van der Waals surface area contributed by atoms with Crippen molar-refractivity contribution < 1.29 is 14.1 Å². The molecule has 0 saturated heterocycles. The molecule has 2 amide bonds. The van der Waals surface area contributed by atoms with Crippen LogP contribution in [0.5, 0.6) is 0 Å². The van der Waals surface area contributed by atoms with Crippen molar-refractivity contribution >= 4 is 23.1 Å². The van der Waals surface area contributed by atoms with Crippen molar-refractivity contribution in [3.8, 4) is 0 Å². The zero-order valence-electron chi connectivity index (χ0n) is 15.8. The van der Waals surface area contributed by atoms with Crippen molar-refractivity contribution in [1.82, 2.24) is 19.9 Å². The number of fused-ring (bicyclic) bond motifs is 1. The summed E-state index contributed by atoms with van der Waals surface area (Å²) in [6.07, 6.45) is 2.64. The number of aromatic nitrogens is 3. The third-order valence-corrected chi connectivity index (χ3v) is 4.05. The van der Waals surface area contributed by atoms with Crippen LogP contribution in [-0.4, -0.2) is 32.4 Å². The number of nitrogens with zero attached hydrogens (tertiary/aromatic N) is 3. The Morgan fingerprint density at radius 3 is 2.70 bits per heavy atom. The maximum Gasteiger partial charge on any atom is 0.272 e. The molecule has 3 heterocycles. The molecule has 3 aromatic heterocycles. The monoisotopic (exact) mass is 369 g/mol. The van der Waals surface area contributed by atoms with Crippen LogP contribution in [0, 0.1) is 12.8 Å². The van der Waals surface area contributed by atoms with Crippen LogP contribution in [0.3, 0.4) is 0 Å². The molecule has 0 aliphatic rings. The van der Waals surface area contributed by atoms with E-state index in [0.717, 1.165) is 12.2 Å². The molecule has 0 bridgehead atoms. The lowest BCUT2D eigenvalue weighted by Crippen LogP contribution is -2.41. The maximum atomic E-state index is 12.7. The van der Waals surface area contributed by atoms with Gasteiger partial charge >= 0.3 is 0 Å². The first-order valence-corrected chi connectivity index (χ1v) is 8.86. The highest BCUT2D eigenvalue weighted by molar-refractivity contribution is 6.03. The lowest BCUT2D eigenvalue weighted by molar-refractivity contribution is -0.117. The summed E-state index contributed by atoms with van der Waals surface area (Å²) in [6, 6.07) is 6.44. The van der Waals surface area contributed by atoms with Gasteiger partial charge in [-0.15, -0.1) is 0 Å². The second-order valence-electron chi connectivity index (χ2n) is 6.94. The Morgan fingerprint density at radius 2 is 2.04 bits per heavy atom. The summed E-state index contributed by atoms with van der Waals surface area (Å²) in [5, 5.41) is 9.01. The van der Waals surface area contributed by atoms with E-state index in [1.54, 1.807) is 19.9 Å². The third kappa shape index (κ3) is 4.16. The number of nitrogens with one attached hydrogen (secondary N) is 2. The molecular weight excluding hydrogens is 346 g/mol. The molecule has 0 aromatic carbocycles. The van der Waals surface area contributed by atoms with E-state index >= 15 is 0 Å². The highest BCUT2D eigenvalue weighted by atomic mass is 16.5. The van der Waals surface area contributed by atoms with Crippen LogP contribution in [0.25, 0.3) is 5.52 Å². The molecule has 1 atom stereocenters. The minimum Gasteiger partial charge on any atom is -0.360 e. The Kier molecular flexibility index (Phi) is 5.25. The highest BCUT2D eigenvalue weighted by Crippen LogP contribution is 2.16. The fourth-order valence-corrected chi connectivity index (χ4v) is 2.77. The molecular formula is C19H23N5O3. The summed E-state index contributed by atoms with van der Waals surface area (Å²) in [5.41, 5.74) is 1.02. The van der Waals surface area contributed by atoms with Gasteiger partial charge in [0, 0.05) is 18.7 Å². The van der Waals surface area contributed by atoms with Crippen LogP contribution in [0.15, 0.2) is 35.0 Å². The topological polar surface area (TPSA) is 102 Å². The molecule has 27 heavy (non-hydrogen) atoms. The molecule has 0 saturated carbocycles. The minimum atomic E-state index is -0.761. The average Bonchev–Trinajstić information content (AvgIpc) is 3.18. The van der Waals surface area contributed by atoms with Gasteiger partial charge in [-0.2, -0.15) is 0 Å². The van der Waals surface area contributed by atoms with E-state index in [0.29, 0.717) is 28.7 Å². The Bertz CT molecular complexity index is 973. The van der Waals surface area contributed by atoms with E-state index in [1.165, 1.54) is 0 Å². The van der Waals surface area contributed by atoms with Gasteiger partial charge in [0.2, 0.25) is 5.91 Å². The molecule has 0 radical (unpaired) electrons. The van der Waals surface area contributed by atoms with E-state index in [9.17, 15) is 9.59 Å². The Balaban J connectivity index is 1.76. The minimum absolute atomic E-state index is 0.309. The number of pyridine rings is 1. The van der Waals surface area contributed by atoms with Crippen molar-refractivity contribution in [3.05, 3.63) is 47.7 Å². The molecule has 0 aliphatic heterocycles. The van der Waals surface area contributed by atoms with Crippen LogP contribution >= 0.6 is 0 Å². The van der Waals surface area contributed by atoms with Crippen molar-refractivity contribution in [3.63, 3.8) is 0 Å². The number of imidazole rings is 1. The zero-order valence-corrected chi connectivity index (χ0v) is 15.8. The number of aryl methyl sites for hydroxylation is 1.